The van der Waals surface area contributed by atoms with Gasteiger partial charge in [0.2, 0.25) is 0 Å². The third kappa shape index (κ3) is 5.96. The van der Waals surface area contributed by atoms with Crippen molar-refractivity contribution in [1.82, 2.24) is 38.2 Å². The third-order valence-corrected chi connectivity index (χ3v) is 13.9. The molecule has 6 heterocycles. The Morgan fingerprint density at radius 1 is 1.02 bits per heavy atom. The molecule has 4 aromatic heterocycles. The number of aromatic nitrogens is 7. The SMILES string of the molecule is Cc1cc(-n2nc3c(c2-n2ccn(-c4ccc5c(cnn5C)c4F)c2=O)[C@H](C)N(C(=O)c2cc4cc([C@H]5CCOC(C)(C)C5)ccc4n2[C@@]2(C#N)C[C@@H]2C)CC3)cc(Br)c1F. The molecular formula is C46H44BrF2N9O3. The number of imidazole rings is 1. The van der Waals surface area contributed by atoms with E-state index in [1.54, 1.807) is 58.7 Å². The van der Waals surface area contributed by atoms with Gasteiger partial charge in [-0.15, -0.1) is 0 Å². The molecule has 4 atom stereocenters. The summed E-state index contributed by atoms with van der Waals surface area (Å²) in [4.78, 5) is 31.6. The predicted octanol–water partition coefficient (Wildman–Crippen LogP) is 8.70. The number of nitriles is 1. The van der Waals surface area contributed by atoms with Gasteiger partial charge in [-0.3, -0.25) is 18.6 Å². The Labute approximate surface area is 358 Å². The zero-order valence-corrected chi connectivity index (χ0v) is 36.3. The molecule has 10 rings (SSSR count). The van der Waals surface area contributed by atoms with Crippen molar-refractivity contribution in [3.8, 4) is 23.3 Å². The summed E-state index contributed by atoms with van der Waals surface area (Å²) in [6.45, 7) is 10.8. The quantitative estimate of drug-likeness (QED) is 0.165. The highest BCUT2D eigenvalue weighted by atomic mass is 79.9. The van der Waals surface area contributed by atoms with Gasteiger partial charge in [-0.1, -0.05) is 13.0 Å². The molecule has 0 bridgehead atoms. The number of rotatable bonds is 6. The highest BCUT2D eigenvalue weighted by Gasteiger charge is 2.56. The Bertz CT molecular complexity index is 3070. The van der Waals surface area contributed by atoms with Crippen LogP contribution in [0.1, 0.15) is 91.8 Å². The number of hydrogen-bond acceptors (Lipinski definition) is 6. The second-order valence-electron chi connectivity index (χ2n) is 17.6. The fraction of sp³-hybridized carbons (Fsp3) is 0.370. The van der Waals surface area contributed by atoms with Crippen LogP contribution in [0.4, 0.5) is 8.78 Å². The number of fused-ring (bicyclic) bond motifs is 3. The molecule has 2 fully saturated rings. The molecule has 3 aromatic carbocycles. The predicted molar refractivity (Wildman–Crippen MR) is 230 cm³/mol. The number of hydrogen-bond donors (Lipinski definition) is 0. The van der Waals surface area contributed by atoms with E-state index in [1.165, 1.54) is 27.1 Å². The van der Waals surface area contributed by atoms with Crippen LogP contribution in [0, 0.1) is 35.8 Å². The van der Waals surface area contributed by atoms with E-state index in [2.05, 4.69) is 59.1 Å². The second-order valence-corrected chi connectivity index (χ2v) is 18.5. The molecule has 15 heteroatoms. The highest BCUT2D eigenvalue weighted by molar-refractivity contribution is 9.10. The monoisotopic (exact) mass is 887 g/mol. The molecule has 3 aliphatic rings. The second kappa shape index (κ2) is 13.8. The molecule has 0 unspecified atom stereocenters. The van der Waals surface area contributed by atoms with Gasteiger partial charge >= 0.3 is 5.69 Å². The summed E-state index contributed by atoms with van der Waals surface area (Å²) in [6, 6.07) is 16.8. The molecule has 61 heavy (non-hydrogen) atoms. The van der Waals surface area contributed by atoms with E-state index in [0.717, 1.165) is 23.7 Å². The summed E-state index contributed by atoms with van der Waals surface area (Å²) in [5.41, 5.74) is 3.56. The van der Waals surface area contributed by atoms with Crippen LogP contribution in [0.15, 0.2) is 76.4 Å². The molecule has 312 valence electrons. The summed E-state index contributed by atoms with van der Waals surface area (Å²) in [5, 5.41) is 21.1. The van der Waals surface area contributed by atoms with E-state index in [-0.39, 0.29) is 33.0 Å². The van der Waals surface area contributed by atoms with Crippen LogP contribution in [0.2, 0.25) is 0 Å². The molecule has 1 saturated heterocycles. The minimum Gasteiger partial charge on any atom is -0.376 e. The van der Waals surface area contributed by atoms with Crippen LogP contribution < -0.4 is 5.69 Å². The smallest absolute Gasteiger partial charge is 0.338 e. The van der Waals surface area contributed by atoms with Crippen molar-refractivity contribution in [2.75, 3.05) is 13.2 Å². The van der Waals surface area contributed by atoms with Gasteiger partial charge in [-0.05, 0) is 128 Å². The van der Waals surface area contributed by atoms with Gasteiger partial charge in [0.15, 0.2) is 5.82 Å². The first-order chi connectivity index (χ1) is 29.1. The molecule has 0 N–H and O–H groups in total. The lowest BCUT2D eigenvalue weighted by Crippen LogP contribution is -2.41. The fourth-order valence-corrected chi connectivity index (χ4v) is 10.5. The van der Waals surface area contributed by atoms with Crippen LogP contribution in [0.3, 0.4) is 0 Å². The topological polar surface area (TPSA) is 121 Å². The lowest BCUT2D eigenvalue weighted by molar-refractivity contribution is -0.0592. The van der Waals surface area contributed by atoms with Gasteiger partial charge < -0.3 is 14.2 Å². The molecule has 0 spiro atoms. The maximum Gasteiger partial charge on any atom is 0.338 e. The summed E-state index contributed by atoms with van der Waals surface area (Å²) < 4.78 is 45.0. The first-order valence-corrected chi connectivity index (χ1v) is 21.4. The Balaban J connectivity index is 1.10. The van der Waals surface area contributed by atoms with Crippen LogP contribution in [0.25, 0.3) is 39.0 Å². The van der Waals surface area contributed by atoms with E-state index in [9.17, 15) is 14.4 Å². The zero-order chi connectivity index (χ0) is 42.9. The van der Waals surface area contributed by atoms with Crippen LogP contribution in [0.5, 0.6) is 0 Å². The number of nitrogens with zero attached hydrogens (tertiary/aromatic N) is 9. The lowest BCUT2D eigenvalue weighted by Gasteiger charge is -2.35. The first-order valence-electron chi connectivity index (χ1n) is 20.6. The van der Waals surface area contributed by atoms with E-state index in [1.807, 2.05) is 24.5 Å². The maximum atomic E-state index is 16.1. The van der Waals surface area contributed by atoms with E-state index >= 15 is 9.18 Å². The number of aryl methyl sites for hydroxylation is 2. The molecule has 1 saturated carbocycles. The van der Waals surface area contributed by atoms with Crippen molar-refractivity contribution in [3.63, 3.8) is 0 Å². The molecular weight excluding hydrogens is 844 g/mol. The van der Waals surface area contributed by atoms with Crippen LogP contribution in [-0.4, -0.2) is 62.8 Å². The fourth-order valence-electron chi connectivity index (χ4n) is 9.93. The third-order valence-electron chi connectivity index (χ3n) is 13.3. The van der Waals surface area contributed by atoms with Gasteiger partial charge in [0, 0.05) is 50.0 Å². The van der Waals surface area contributed by atoms with E-state index < -0.39 is 28.9 Å². The summed E-state index contributed by atoms with van der Waals surface area (Å²) in [7, 11) is 1.72. The van der Waals surface area contributed by atoms with Crippen molar-refractivity contribution >= 4 is 43.6 Å². The lowest BCUT2D eigenvalue weighted by atomic mass is 9.83. The molecule has 7 aromatic rings. The molecule has 12 nitrogen and oxygen atoms in total. The van der Waals surface area contributed by atoms with Crippen molar-refractivity contribution in [2.24, 2.45) is 13.0 Å². The largest absolute Gasteiger partial charge is 0.376 e. The number of carbonyl (C=O) groups excluding carboxylic acids is 1. The first kappa shape index (κ1) is 39.3. The van der Waals surface area contributed by atoms with Crippen LogP contribution >= 0.6 is 15.9 Å². The van der Waals surface area contributed by atoms with Gasteiger partial charge in [-0.2, -0.15) is 15.5 Å². The number of benzene rings is 3. The summed E-state index contributed by atoms with van der Waals surface area (Å²) in [5.74, 6) is -0.566. The minimum absolute atomic E-state index is 0.0453. The van der Waals surface area contributed by atoms with Gasteiger partial charge in [0.25, 0.3) is 5.91 Å². The summed E-state index contributed by atoms with van der Waals surface area (Å²) >= 11 is 3.35. The number of amides is 1. The highest BCUT2D eigenvalue weighted by Crippen LogP contribution is 2.52. The maximum absolute atomic E-state index is 16.1. The van der Waals surface area contributed by atoms with E-state index in [4.69, 9.17) is 9.84 Å². The molecule has 1 amide bonds. The Morgan fingerprint density at radius 3 is 2.49 bits per heavy atom. The molecule has 2 aliphatic heterocycles. The standard InChI is InChI=1S/C46H44BrF2N9O3/c1-25-17-31(20-33(47)40(25)48)58-42(56-15-14-55(44(56)60)37-10-9-36-32(41(37)49)23-51-53(36)6)39-27(3)54(13-11-34(39)52-58)43(59)38-19-30-18-28(29-12-16-61-45(4,5)22-29)7-8-35(30)57(38)46(24-50)21-26(46)2/h7-10,14-15,17-20,23,26-27,29H,11-13,16,21-22H2,1-6H3/t26-,27-,29-,46+/m0/s1. The average molecular weight is 889 g/mol. The zero-order valence-electron chi connectivity index (χ0n) is 34.7. The summed E-state index contributed by atoms with van der Waals surface area (Å²) in [6.07, 6.45) is 7.25. The molecule has 0 radical (unpaired) electrons. The van der Waals surface area contributed by atoms with Gasteiger partial charge in [0.05, 0.1) is 61.9 Å². The Hall–Kier alpha value is -5.85. The number of ether oxygens (including phenoxy) is 1. The van der Waals surface area contributed by atoms with Crippen LogP contribution in [-0.2, 0) is 23.7 Å². The molecule has 1 aliphatic carbocycles. The Kier molecular flexibility index (Phi) is 8.91. The normalized spacial score (nSPS) is 22.2. The van der Waals surface area contributed by atoms with E-state index in [0.29, 0.717) is 71.4 Å². The van der Waals surface area contributed by atoms with Crippen molar-refractivity contribution < 1.29 is 18.3 Å². The minimum atomic E-state index is -0.868. The Morgan fingerprint density at radius 2 is 1.77 bits per heavy atom. The average Bonchev–Trinajstić information content (AvgIpc) is 3.69. The number of carbonyl (C=O) groups is 1. The van der Waals surface area contributed by atoms with Crippen molar-refractivity contribution in [2.45, 2.75) is 83.4 Å². The number of halogens is 3. The van der Waals surface area contributed by atoms with Crippen molar-refractivity contribution in [1.29, 1.82) is 5.26 Å². The van der Waals surface area contributed by atoms with Gasteiger partial charge in [-0.25, -0.2) is 18.3 Å². The van der Waals surface area contributed by atoms with Crippen molar-refractivity contribution in [3.05, 3.63) is 122 Å². The van der Waals surface area contributed by atoms with Gasteiger partial charge in [0.1, 0.15) is 22.9 Å².